The Bertz CT molecular complexity index is 657. The van der Waals surface area contributed by atoms with Gasteiger partial charge in [0.25, 0.3) is 5.88 Å². The van der Waals surface area contributed by atoms with E-state index in [1.54, 1.807) is 6.92 Å². The molecule has 2 heterocycles. The monoisotopic (exact) mass is 272 g/mol. The molecule has 2 aromatic rings. The fourth-order valence-corrected chi connectivity index (χ4v) is 2.34. The van der Waals surface area contributed by atoms with Gasteiger partial charge in [0.15, 0.2) is 11.6 Å². The molecule has 0 saturated heterocycles. The minimum Gasteiger partial charge on any atom is -0.422 e. The second kappa shape index (κ2) is 4.97. The summed E-state index contributed by atoms with van der Waals surface area (Å²) in [6.07, 6.45) is 0. The van der Waals surface area contributed by atoms with Gasteiger partial charge in [0, 0.05) is 12.5 Å². The lowest BCUT2D eigenvalue weighted by Crippen LogP contribution is -2.06. The highest BCUT2D eigenvalue weighted by Gasteiger charge is 2.19. The second-order valence-corrected chi connectivity index (χ2v) is 5.16. The predicted molar refractivity (Wildman–Crippen MR) is 75.1 cm³/mol. The van der Waals surface area contributed by atoms with Crippen molar-refractivity contribution in [2.45, 2.75) is 19.0 Å². The summed E-state index contributed by atoms with van der Waals surface area (Å²) < 4.78 is 5.65. The van der Waals surface area contributed by atoms with Crippen LogP contribution in [-0.4, -0.2) is 26.8 Å². The van der Waals surface area contributed by atoms with Gasteiger partial charge in [-0.1, -0.05) is 36.9 Å². The summed E-state index contributed by atoms with van der Waals surface area (Å²) in [5.41, 5.74) is 2.35. The van der Waals surface area contributed by atoms with Gasteiger partial charge in [-0.15, -0.1) is 10.2 Å². The molecule has 1 aromatic heterocycles. The number of rotatable bonds is 2. The van der Waals surface area contributed by atoms with Gasteiger partial charge in [0.05, 0.1) is 5.69 Å². The molecule has 0 aliphatic carbocycles. The molecular formula is C13H12N4OS. The van der Waals surface area contributed by atoms with E-state index >= 15 is 0 Å². The van der Waals surface area contributed by atoms with Gasteiger partial charge in [0.2, 0.25) is 5.16 Å². The predicted octanol–water partition coefficient (Wildman–Crippen LogP) is 3.09. The minimum absolute atomic E-state index is 0.470. The van der Waals surface area contributed by atoms with Crippen molar-refractivity contribution in [1.82, 2.24) is 15.2 Å². The molecule has 0 bridgehead atoms. The molecule has 0 saturated carbocycles. The lowest BCUT2D eigenvalue weighted by molar-refractivity contribution is 0.511. The Kier molecular flexibility index (Phi) is 3.16. The standard InChI is InChI=1S/C13H12N4OS/c1-3-19-13-15-12-11(16-17-13)9-6-4-5-7-10(9)14-8(2)18-12/h4-7H,3H2,1-2H3. The molecule has 0 unspecified atom stereocenters. The van der Waals surface area contributed by atoms with E-state index in [4.69, 9.17) is 4.74 Å². The summed E-state index contributed by atoms with van der Waals surface area (Å²) in [6, 6.07) is 7.74. The van der Waals surface area contributed by atoms with Crippen LogP contribution in [0.2, 0.25) is 0 Å². The van der Waals surface area contributed by atoms with Crippen LogP contribution in [0.4, 0.5) is 5.69 Å². The van der Waals surface area contributed by atoms with Crippen molar-refractivity contribution in [3.8, 4) is 17.1 Å². The van der Waals surface area contributed by atoms with E-state index in [1.807, 2.05) is 31.2 Å². The third kappa shape index (κ3) is 2.31. The van der Waals surface area contributed by atoms with Crippen LogP contribution in [0.25, 0.3) is 11.3 Å². The van der Waals surface area contributed by atoms with Crippen molar-refractivity contribution in [3.63, 3.8) is 0 Å². The Labute approximate surface area is 115 Å². The third-order valence-electron chi connectivity index (χ3n) is 2.59. The Balaban J connectivity index is 2.18. The molecular weight excluding hydrogens is 260 g/mol. The molecule has 6 heteroatoms. The van der Waals surface area contributed by atoms with E-state index in [0.717, 1.165) is 17.0 Å². The van der Waals surface area contributed by atoms with Gasteiger partial charge in [0.1, 0.15) is 0 Å². The van der Waals surface area contributed by atoms with Crippen LogP contribution < -0.4 is 4.74 Å². The average Bonchev–Trinajstić information content (AvgIpc) is 2.54. The van der Waals surface area contributed by atoms with Crippen LogP contribution in [0.5, 0.6) is 5.88 Å². The van der Waals surface area contributed by atoms with Crippen molar-refractivity contribution in [2.75, 3.05) is 5.75 Å². The molecule has 0 spiro atoms. The van der Waals surface area contributed by atoms with E-state index < -0.39 is 0 Å². The molecule has 1 aromatic carbocycles. The SMILES string of the molecule is CCSc1nnc2c(n1)OC(C)=Nc1ccccc1-2. The molecule has 19 heavy (non-hydrogen) atoms. The number of aromatic nitrogens is 3. The normalized spacial score (nSPS) is 12.8. The van der Waals surface area contributed by atoms with Crippen molar-refractivity contribution in [1.29, 1.82) is 0 Å². The molecule has 0 fully saturated rings. The summed E-state index contributed by atoms with van der Waals surface area (Å²) in [5, 5.41) is 8.98. The van der Waals surface area contributed by atoms with Crippen molar-refractivity contribution >= 4 is 23.3 Å². The molecule has 0 N–H and O–H groups in total. The maximum atomic E-state index is 5.65. The first-order chi connectivity index (χ1) is 9.28. The van der Waals surface area contributed by atoms with Crippen LogP contribution in [0.3, 0.4) is 0 Å². The largest absolute Gasteiger partial charge is 0.422 e. The number of aliphatic imine (C=N–C) groups is 1. The fourth-order valence-electron chi connectivity index (χ4n) is 1.83. The van der Waals surface area contributed by atoms with E-state index in [1.165, 1.54) is 11.8 Å². The summed E-state index contributed by atoms with van der Waals surface area (Å²) >= 11 is 1.53. The van der Waals surface area contributed by atoms with Gasteiger partial charge in [-0.25, -0.2) is 4.99 Å². The zero-order chi connectivity index (χ0) is 13.2. The summed E-state index contributed by atoms with van der Waals surface area (Å²) in [5.74, 6) is 1.92. The third-order valence-corrected chi connectivity index (χ3v) is 3.31. The smallest absolute Gasteiger partial charge is 0.251 e. The number of thioether (sulfide) groups is 1. The van der Waals surface area contributed by atoms with E-state index in [2.05, 4.69) is 20.2 Å². The Morgan fingerprint density at radius 3 is 2.89 bits per heavy atom. The average molecular weight is 272 g/mol. The zero-order valence-corrected chi connectivity index (χ0v) is 11.4. The first-order valence-electron chi connectivity index (χ1n) is 5.98. The fraction of sp³-hybridized carbons (Fsp3) is 0.231. The Morgan fingerprint density at radius 2 is 2.05 bits per heavy atom. The van der Waals surface area contributed by atoms with Gasteiger partial charge in [-0.2, -0.15) is 4.98 Å². The van der Waals surface area contributed by atoms with Gasteiger partial charge in [-0.3, -0.25) is 0 Å². The molecule has 0 atom stereocenters. The number of benzene rings is 1. The van der Waals surface area contributed by atoms with Crippen LogP contribution >= 0.6 is 11.8 Å². The summed E-state index contributed by atoms with van der Waals surface area (Å²) in [7, 11) is 0. The molecule has 0 radical (unpaired) electrons. The minimum atomic E-state index is 0.470. The highest BCUT2D eigenvalue weighted by atomic mass is 32.2. The van der Waals surface area contributed by atoms with Crippen molar-refractivity contribution in [3.05, 3.63) is 24.3 Å². The van der Waals surface area contributed by atoms with E-state index in [9.17, 15) is 0 Å². The van der Waals surface area contributed by atoms with Gasteiger partial charge >= 0.3 is 0 Å². The van der Waals surface area contributed by atoms with Crippen LogP contribution in [0.1, 0.15) is 13.8 Å². The van der Waals surface area contributed by atoms with Gasteiger partial charge in [-0.05, 0) is 11.8 Å². The molecule has 0 amide bonds. The molecule has 1 aliphatic rings. The molecule has 96 valence electrons. The van der Waals surface area contributed by atoms with Gasteiger partial charge < -0.3 is 4.74 Å². The number of hydrogen-bond acceptors (Lipinski definition) is 6. The van der Waals surface area contributed by atoms with E-state index in [0.29, 0.717) is 22.6 Å². The lowest BCUT2D eigenvalue weighted by Gasteiger charge is -2.06. The summed E-state index contributed by atoms with van der Waals surface area (Å²) in [6.45, 7) is 3.85. The Morgan fingerprint density at radius 1 is 1.21 bits per heavy atom. The number of para-hydroxylation sites is 1. The lowest BCUT2D eigenvalue weighted by atomic mass is 10.1. The number of hydrogen-bond donors (Lipinski definition) is 0. The quantitative estimate of drug-likeness (QED) is 0.786. The molecule has 3 rings (SSSR count). The first-order valence-corrected chi connectivity index (χ1v) is 6.96. The van der Waals surface area contributed by atoms with Crippen molar-refractivity contribution < 1.29 is 4.74 Å². The first kappa shape index (κ1) is 12.1. The number of nitrogens with zero attached hydrogens (tertiary/aromatic N) is 4. The number of fused-ring (bicyclic) bond motifs is 3. The van der Waals surface area contributed by atoms with Crippen molar-refractivity contribution in [2.24, 2.45) is 4.99 Å². The Hall–Kier alpha value is -1.95. The maximum absolute atomic E-state index is 5.65. The van der Waals surface area contributed by atoms with Crippen LogP contribution in [0.15, 0.2) is 34.4 Å². The summed E-state index contributed by atoms with van der Waals surface area (Å²) in [4.78, 5) is 8.81. The van der Waals surface area contributed by atoms with Crippen LogP contribution in [0, 0.1) is 0 Å². The zero-order valence-electron chi connectivity index (χ0n) is 10.6. The van der Waals surface area contributed by atoms with Crippen LogP contribution in [-0.2, 0) is 0 Å². The van der Waals surface area contributed by atoms with E-state index in [-0.39, 0.29) is 0 Å². The highest BCUT2D eigenvalue weighted by Crippen LogP contribution is 2.36. The second-order valence-electron chi connectivity index (χ2n) is 3.93. The topological polar surface area (TPSA) is 60.3 Å². The number of ether oxygens (including phenoxy) is 1. The molecule has 5 nitrogen and oxygen atoms in total. The maximum Gasteiger partial charge on any atom is 0.251 e. The highest BCUT2D eigenvalue weighted by molar-refractivity contribution is 7.99. The molecule has 1 aliphatic heterocycles.